The monoisotopic (exact) mass is 251 g/mol. The van der Waals surface area contributed by atoms with Gasteiger partial charge in [-0.3, -0.25) is 0 Å². The molecule has 0 amide bonds. The number of nitrogens with zero attached hydrogens (tertiary/aromatic N) is 2. The average molecular weight is 251 g/mol. The Morgan fingerprint density at radius 1 is 1.28 bits per heavy atom. The maximum absolute atomic E-state index is 10.9. The minimum absolute atomic E-state index is 0.0478. The van der Waals surface area contributed by atoms with E-state index in [9.17, 15) is 9.90 Å². The highest BCUT2D eigenvalue weighted by Gasteiger charge is 2.20. The lowest BCUT2D eigenvalue weighted by Crippen LogP contribution is -2.24. The summed E-state index contributed by atoms with van der Waals surface area (Å²) in [6.07, 6.45) is 6.21. The van der Waals surface area contributed by atoms with E-state index in [1.165, 1.54) is 12.4 Å². The first-order valence-corrected chi connectivity index (χ1v) is 6.13. The van der Waals surface area contributed by atoms with Crippen LogP contribution in [0.3, 0.4) is 0 Å². The molecule has 1 aliphatic rings. The van der Waals surface area contributed by atoms with Crippen molar-refractivity contribution in [3.63, 3.8) is 0 Å². The Morgan fingerprint density at radius 2 is 1.94 bits per heavy atom. The summed E-state index contributed by atoms with van der Waals surface area (Å²) < 4.78 is 0. The molecule has 3 N–H and O–H groups in total. The summed E-state index contributed by atoms with van der Waals surface area (Å²) in [5, 5.41) is 21.4. The quantitative estimate of drug-likeness (QED) is 0.742. The molecule has 1 heterocycles. The second-order valence-electron chi connectivity index (χ2n) is 4.61. The average Bonchev–Trinajstić information content (AvgIpc) is 2.38. The number of aliphatic hydroxyl groups is 1. The number of rotatable bonds is 4. The van der Waals surface area contributed by atoms with E-state index in [2.05, 4.69) is 15.3 Å². The Labute approximate surface area is 105 Å². The number of aromatic nitrogens is 2. The van der Waals surface area contributed by atoms with Gasteiger partial charge in [0.2, 0.25) is 0 Å². The van der Waals surface area contributed by atoms with Gasteiger partial charge in [0, 0.05) is 18.9 Å². The standard InChI is InChI=1S/C12H17N3O3/c16-9-3-1-8(2-4-9)7-15-11-10(12(17)18)13-5-6-14-11/h5-6,8-9,16H,1-4,7H2,(H,14,15)(H,17,18). The molecule has 6 heteroatoms. The summed E-state index contributed by atoms with van der Waals surface area (Å²) in [5.41, 5.74) is -0.0478. The molecule has 1 aliphatic carbocycles. The van der Waals surface area contributed by atoms with Gasteiger partial charge in [-0.15, -0.1) is 0 Å². The van der Waals surface area contributed by atoms with Gasteiger partial charge in [0.05, 0.1) is 6.10 Å². The number of anilines is 1. The maximum atomic E-state index is 10.9. The smallest absolute Gasteiger partial charge is 0.358 e. The molecule has 0 saturated heterocycles. The summed E-state index contributed by atoms with van der Waals surface area (Å²) in [4.78, 5) is 18.7. The number of aliphatic hydroxyl groups excluding tert-OH is 1. The van der Waals surface area contributed by atoms with Gasteiger partial charge < -0.3 is 15.5 Å². The summed E-state index contributed by atoms with van der Waals surface area (Å²) in [5.74, 6) is -0.308. The summed E-state index contributed by atoms with van der Waals surface area (Å²) in [7, 11) is 0. The van der Waals surface area contributed by atoms with Crippen molar-refractivity contribution in [2.75, 3.05) is 11.9 Å². The molecule has 0 atom stereocenters. The van der Waals surface area contributed by atoms with Crippen molar-refractivity contribution < 1.29 is 15.0 Å². The van der Waals surface area contributed by atoms with Crippen LogP contribution in [0.25, 0.3) is 0 Å². The number of carboxylic acid groups (broad SMARTS) is 1. The predicted octanol–water partition coefficient (Wildman–Crippen LogP) is 1.14. The Morgan fingerprint density at radius 3 is 2.61 bits per heavy atom. The lowest BCUT2D eigenvalue weighted by Gasteiger charge is -2.25. The van der Waals surface area contributed by atoms with Gasteiger partial charge in [0.15, 0.2) is 11.5 Å². The van der Waals surface area contributed by atoms with Crippen molar-refractivity contribution in [2.24, 2.45) is 5.92 Å². The van der Waals surface area contributed by atoms with Crippen LogP contribution in [-0.4, -0.2) is 38.8 Å². The van der Waals surface area contributed by atoms with E-state index >= 15 is 0 Å². The molecule has 1 saturated carbocycles. The Kier molecular flexibility index (Phi) is 4.09. The van der Waals surface area contributed by atoms with Gasteiger partial charge in [-0.1, -0.05) is 0 Å². The first kappa shape index (κ1) is 12.8. The molecule has 0 spiro atoms. The third-order valence-electron chi connectivity index (χ3n) is 3.28. The van der Waals surface area contributed by atoms with Crippen LogP contribution < -0.4 is 5.32 Å². The van der Waals surface area contributed by atoms with E-state index in [-0.39, 0.29) is 11.8 Å². The van der Waals surface area contributed by atoms with Gasteiger partial charge in [0.25, 0.3) is 0 Å². The zero-order valence-electron chi connectivity index (χ0n) is 10.0. The SMILES string of the molecule is O=C(O)c1nccnc1NCC1CCC(O)CC1. The van der Waals surface area contributed by atoms with Gasteiger partial charge in [-0.2, -0.15) is 0 Å². The Hall–Kier alpha value is -1.69. The Balaban J connectivity index is 1.92. The summed E-state index contributed by atoms with van der Waals surface area (Å²) in [6, 6.07) is 0. The Bertz CT molecular complexity index is 417. The fourth-order valence-electron chi connectivity index (χ4n) is 2.21. The second-order valence-corrected chi connectivity index (χ2v) is 4.61. The third-order valence-corrected chi connectivity index (χ3v) is 3.28. The number of hydrogen-bond donors (Lipinski definition) is 3. The summed E-state index contributed by atoms with van der Waals surface area (Å²) in [6.45, 7) is 0.672. The first-order chi connectivity index (χ1) is 8.66. The number of nitrogens with one attached hydrogen (secondary N) is 1. The van der Waals surface area contributed by atoms with Gasteiger partial charge >= 0.3 is 5.97 Å². The number of carbonyl (C=O) groups is 1. The molecule has 0 aliphatic heterocycles. The van der Waals surface area contributed by atoms with E-state index in [0.29, 0.717) is 18.3 Å². The first-order valence-electron chi connectivity index (χ1n) is 6.13. The molecule has 1 fully saturated rings. The van der Waals surface area contributed by atoms with Crippen LogP contribution in [0.2, 0.25) is 0 Å². The van der Waals surface area contributed by atoms with Crippen molar-refractivity contribution >= 4 is 11.8 Å². The van der Waals surface area contributed by atoms with Gasteiger partial charge in [-0.25, -0.2) is 14.8 Å². The van der Waals surface area contributed by atoms with Crippen molar-refractivity contribution in [3.8, 4) is 0 Å². The maximum Gasteiger partial charge on any atom is 0.358 e. The molecular formula is C12H17N3O3. The van der Waals surface area contributed by atoms with E-state index < -0.39 is 5.97 Å². The van der Waals surface area contributed by atoms with Crippen LogP contribution in [-0.2, 0) is 0 Å². The minimum Gasteiger partial charge on any atom is -0.476 e. The van der Waals surface area contributed by atoms with E-state index in [0.717, 1.165) is 25.7 Å². The van der Waals surface area contributed by atoms with Crippen molar-refractivity contribution in [1.29, 1.82) is 0 Å². The highest BCUT2D eigenvalue weighted by molar-refractivity contribution is 5.90. The van der Waals surface area contributed by atoms with Gasteiger partial charge in [0.1, 0.15) is 0 Å². The molecule has 0 unspecified atom stereocenters. The van der Waals surface area contributed by atoms with Crippen molar-refractivity contribution in [2.45, 2.75) is 31.8 Å². The third kappa shape index (κ3) is 3.16. The normalized spacial score (nSPS) is 23.6. The summed E-state index contributed by atoms with van der Waals surface area (Å²) >= 11 is 0. The van der Waals surface area contributed by atoms with Crippen LogP contribution in [0.5, 0.6) is 0 Å². The highest BCUT2D eigenvalue weighted by atomic mass is 16.4. The zero-order valence-corrected chi connectivity index (χ0v) is 10.0. The lowest BCUT2D eigenvalue weighted by molar-refractivity contribution is 0.0691. The zero-order chi connectivity index (χ0) is 13.0. The molecule has 1 aromatic heterocycles. The number of carboxylic acids is 1. The predicted molar refractivity (Wildman–Crippen MR) is 65.4 cm³/mol. The topological polar surface area (TPSA) is 95.3 Å². The highest BCUT2D eigenvalue weighted by Crippen LogP contribution is 2.24. The fraction of sp³-hybridized carbons (Fsp3) is 0.583. The molecule has 0 bridgehead atoms. The lowest BCUT2D eigenvalue weighted by atomic mass is 9.87. The van der Waals surface area contributed by atoms with E-state index in [4.69, 9.17) is 5.11 Å². The van der Waals surface area contributed by atoms with Crippen LogP contribution in [0.15, 0.2) is 12.4 Å². The molecular weight excluding hydrogens is 234 g/mol. The fourth-order valence-corrected chi connectivity index (χ4v) is 2.21. The number of hydrogen-bond acceptors (Lipinski definition) is 5. The molecule has 1 aromatic rings. The molecule has 0 aromatic carbocycles. The van der Waals surface area contributed by atoms with Crippen LogP contribution in [0.4, 0.5) is 5.82 Å². The largest absolute Gasteiger partial charge is 0.476 e. The van der Waals surface area contributed by atoms with Gasteiger partial charge in [-0.05, 0) is 31.6 Å². The van der Waals surface area contributed by atoms with Crippen LogP contribution in [0.1, 0.15) is 36.2 Å². The molecule has 6 nitrogen and oxygen atoms in total. The molecule has 18 heavy (non-hydrogen) atoms. The van der Waals surface area contributed by atoms with E-state index in [1.54, 1.807) is 0 Å². The van der Waals surface area contributed by atoms with Crippen molar-refractivity contribution in [3.05, 3.63) is 18.1 Å². The van der Waals surface area contributed by atoms with Crippen molar-refractivity contribution in [1.82, 2.24) is 9.97 Å². The van der Waals surface area contributed by atoms with E-state index in [1.807, 2.05) is 0 Å². The van der Waals surface area contributed by atoms with Crippen LogP contribution in [0, 0.1) is 5.92 Å². The van der Waals surface area contributed by atoms with Crippen LogP contribution >= 0.6 is 0 Å². The second kappa shape index (κ2) is 5.77. The molecule has 98 valence electrons. The molecule has 2 rings (SSSR count). The number of aromatic carboxylic acids is 1. The minimum atomic E-state index is -1.08. The molecule has 0 radical (unpaired) electrons.